The lowest BCUT2D eigenvalue weighted by Crippen LogP contribution is -2.36. The van der Waals surface area contributed by atoms with Crippen molar-refractivity contribution in [1.29, 1.82) is 0 Å². The normalized spacial score (nSPS) is 16.3. The van der Waals surface area contributed by atoms with Crippen LogP contribution in [0.1, 0.15) is 25.0 Å². The van der Waals surface area contributed by atoms with E-state index in [0.717, 1.165) is 32.8 Å². The van der Waals surface area contributed by atoms with E-state index >= 15 is 0 Å². The zero-order valence-corrected chi connectivity index (χ0v) is 11.7. The average Bonchev–Trinajstić information content (AvgIpc) is 2.38. The van der Waals surface area contributed by atoms with Crippen molar-refractivity contribution < 1.29 is 4.74 Å². The zero-order valence-electron chi connectivity index (χ0n) is 11.7. The first-order valence-corrected chi connectivity index (χ1v) is 6.82. The molecule has 0 bridgehead atoms. The summed E-state index contributed by atoms with van der Waals surface area (Å²) < 4.78 is 5.39. The summed E-state index contributed by atoms with van der Waals surface area (Å²) in [5.74, 6) is 0. The monoisotopic (exact) mass is 248 g/mol. The second-order valence-corrected chi connectivity index (χ2v) is 5.25. The molecule has 1 heterocycles. The van der Waals surface area contributed by atoms with Crippen LogP contribution in [0.2, 0.25) is 0 Å². The molecule has 0 amide bonds. The van der Waals surface area contributed by atoms with Gasteiger partial charge in [0.05, 0.1) is 13.2 Å². The van der Waals surface area contributed by atoms with Gasteiger partial charge >= 0.3 is 0 Å². The van der Waals surface area contributed by atoms with E-state index in [9.17, 15) is 0 Å². The van der Waals surface area contributed by atoms with Crippen LogP contribution in [0.5, 0.6) is 0 Å². The van der Waals surface area contributed by atoms with Crippen molar-refractivity contribution in [2.75, 3.05) is 31.2 Å². The third kappa shape index (κ3) is 3.47. The van der Waals surface area contributed by atoms with Crippen LogP contribution in [0.3, 0.4) is 0 Å². The standard InChI is InChI=1S/C15H24N2O/c1-12(2)16-11-14-4-5-15(10-13(14)3)17-6-8-18-9-7-17/h4-5,10,12,16H,6-9,11H2,1-3H3. The summed E-state index contributed by atoms with van der Waals surface area (Å²) in [6.07, 6.45) is 0. The van der Waals surface area contributed by atoms with Crippen molar-refractivity contribution in [3.05, 3.63) is 29.3 Å². The smallest absolute Gasteiger partial charge is 0.0642 e. The molecule has 0 aromatic heterocycles. The van der Waals surface area contributed by atoms with Crippen LogP contribution in [0.4, 0.5) is 5.69 Å². The van der Waals surface area contributed by atoms with Gasteiger partial charge in [-0.25, -0.2) is 0 Å². The molecule has 1 saturated heterocycles. The Bertz CT molecular complexity index is 384. The number of hydrogen-bond donors (Lipinski definition) is 1. The Morgan fingerprint density at radius 2 is 2.00 bits per heavy atom. The van der Waals surface area contributed by atoms with Crippen molar-refractivity contribution >= 4 is 5.69 Å². The van der Waals surface area contributed by atoms with Crippen molar-refractivity contribution in [2.45, 2.75) is 33.4 Å². The average molecular weight is 248 g/mol. The molecule has 100 valence electrons. The second-order valence-electron chi connectivity index (χ2n) is 5.25. The van der Waals surface area contributed by atoms with E-state index in [0.29, 0.717) is 6.04 Å². The van der Waals surface area contributed by atoms with Gasteiger partial charge in [-0.2, -0.15) is 0 Å². The van der Waals surface area contributed by atoms with Crippen LogP contribution in [0.15, 0.2) is 18.2 Å². The maximum absolute atomic E-state index is 5.39. The van der Waals surface area contributed by atoms with Crippen LogP contribution in [0.25, 0.3) is 0 Å². The highest BCUT2D eigenvalue weighted by atomic mass is 16.5. The van der Waals surface area contributed by atoms with E-state index in [2.05, 4.69) is 49.2 Å². The van der Waals surface area contributed by atoms with Gasteiger partial charge in [0.15, 0.2) is 0 Å². The summed E-state index contributed by atoms with van der Waals surface area (Å²) in [5.41, 5.74) is 4.08. The zero-order chi connectivity index (χ0) is 13.0. The molecule has 0 saturated carbocycles. The highest BCUT2D eigenvalue weighted by Crippen LogP contribution is 2.20. The minimum atomic E-state index is 0.531. The maximum atomic E-state index is 5.39. The summed E-state index contributed by atoms with van der Waals surface area (Å²) in [6, 6.07) is 7.30. The Labute approximate surface area is 110 Å². The third-order valence-corrected chi connectivity index (χ3v) is 3.40. The molecule has 1 aromatic rings. The molecular weight excluding hydrogens is 224 g/mol. The Morgan fingerprint density at radius 3 is 2.61 bits per heavy atom. The van der Waals surface area contributed by atoms with Gasteiger partial charge in [0.2, 0.25) is 0 Å². The fourth-order valence-corrected chi connectivity index (χ4v) is 2.21. The van der Waals surface area contributed by atoms with Crippen LogP contribution in [-0.2, 0) is 11.3 Å². The van der Waals surface area contributed by atoms with Crippen LogP contribution >= 0.6 is 0 Å². The number of nitrogens with one attached hydrogen (secondary N) is 1. The molecule has 3 heteroatoms. The molecule has 3 nitrogen and oxygen atoms in total. The third-order valence-electron chi connectivity index (χ3n) is 3.40. The Hall–Kier alpha value is -1.06. The molecule has 18 heavy (non-hydrogen) atoms. The van der Waals surface area contributed by atoms with E-state index in [1.807, 2.05) is 0 Å². The van der Waals surface area contributed by atoms with Crippen molar-refractivity contribution in [1.82, 2.24) is 5.32 Å². The lowest BCUT2D eigenvalue weighted by molar-refractivity contribution is 0.122. The summed E-state index contributed by atoms with van der Waals surface area (Å²) >= 11 is 0. The second kappa shape index (κ2) is 6.21. The molecule has 0 radical (unpaired) electrons. The van der Waals surface area contributed by atoms with E-state index in [1.165, 1.54) is 16.8 Å². The van der Waals surface area contributed by atoms with Gasteiger partial charge in [-0.3, -0.25) is 0 Å². The number of aryl methyl sites for hydroxylation is 1. The molecular formula is C15H24N2O. The maximum Gasteiger partial charge on any atom is 0.0642 e. The minimum Gasteiger partial charge on any atom is -0.378 e. The Kier molecular flexibility index (Phi) is 4.61. The SMILES string of the molecule is Cc1cc(N2CCOCC2)ccc1CNC(C)C. The van der Waals surface area contributed by atoms with Gasteiger partial charge in [0.1, 0.15) is 0 Å². The molecule has 1 aliphatic rings. The first kappa shape index (κ1) is 13.4. The quantitative estimate of drug-likeness (QED) is 0.885. The van der Waals surface area contributed by atoms with E-state index < -0.39 is 0 Å². The highest BCUT2D eigenvalue weighted by Gasteiger charge is 2.11. The summed E-state index contributed by atoms with van der Waals surface area (Å²) in [7, 11) is 0. The van der Waals surface area contributed by atoms with Crippen molar-refractivity contribution in [3.8, 4) is 0 Å². The van der Waals surface area contributed by atoms with Gasteiger partial charge in [0, 0.05) is 31.4 Å². The van der Waals surface area contributed by atoms with Gasteiger partial charge in [-0.05, 0) is 30.2 Å². The van der Waals surface area contributed by atoms with Gasteiger partial charge in [-0.1, -0.05) is 19.9 Å². The predicted molar refractivity (Wildman–Crippen MR) is 76.2 cm³/mol. The van der Waals surface area contributed by atoms with Crippen molar-refractivity contribution in [3.63, 3.8) is 0 Å². The Morgan fingerprint density at radius 1 is 1.28 bits per heavy atom. The minimum absolute atomic E-state index is 0.531. The predicted octanol–water partition coefficient (Wildman–Crippen LogP) is 2.33. The number of rotatable bonds is 4. The summed E-state index contributed by atoms with van der Waals surface area (Å²) in [6.45, 7) is 11.2. The van der Waals surface area contributed by atoms with Gasteiger partial charge < -0.3 is 15.0 Å². The fourth-order valence-electron chi connectivity index (χ4n) is 2.21. The molecule has 0 spiro atoms. The number of benzene rings is 1. The first-order chi connectivity index (χ1) is 8.66. The van der Waals surface area contributed by atoms with Crippen molar-refractivity contribution in [2.24, 2.45) is 0 Å². The van der Waals surface area contributed by atoms with Crippen LogP contribution in [-0.4, -0.2) is 32.3 Å². The largest absolute Gasteiger partial charge is 0.378 e. The fraction of sp³-hybridized carbons (Fsp3) is 0.600. The number of anilines is 1. The first-order valence-electron chi connectivity index (χ1n) is 6.82. The number of nitrogens with zero attached hydrogens (tertiary/aromatic N) is 1. The highest BCUT2D eigenvalue weighted by molar-refractivity contribution is 5.51. The molecule has 1 aliphatic heterocycles. The van der Waals surface area contributed by atoms with E-state index in [-0.39, 0.29) is 0 Å². The summed E-state index contributed by atoms with van der Waals surface area (Å²) in [4.78, 5) is 2.40. The molecule has 0 atom stereocenters. The molecule has 2 rings (SSSR count). The Balaban J connectivity index is 2.04. The molecule has 1 aromatic carbocycles. The van der Waals surface area contributed by atoms with Gasteiger partial charge in [0.25, 0.3) is 0 Å². The number of hydrogen-bond acceptors (Lipinski definition) is 3. The van der Waals surface area contributed by atoms with Gasteiger partial charge in [-0.15, -0.1) is 0 Å². The van der Waals surface area contributed by atoms with Crippen LogP contribution in [0, 0.1) is 6.92 Å². The molecule has 1 N–H and O–H groups in total. The summed E-state index contributed by atoms with van der Waals surface area (Å²) in [5, 5.41) is 3.47. The van der Waals surface area contributed by atoms with E-state index in [1.54, 1.807) is 0 Å². The van der Waals surface area contributed by atoms with E-state index in [4.69, 9.17) is 4.74 Å². The lowest BCUT2D eigenvalue weighted by Gasteiger charge is -2.29. The molecule has 1 fully saturated rings. The number of ether oxygens (including phenoxy) is 1. The number of morpholine rings is 1. The topological polar surface area (TPSA) is 24.5 Å². The molecule has 0 unspecified atom stereocenters. The van der Waals surface area contributed by atoms with Crippen LogP contribution < -0.4 is 10.2 Å². The molecule has 0 aliphatic carbocycles. The lowest BCUT2D eigenvalue weighted by atomic mass is 10.1.